The fourth-order valence-corrected chi connectivity index (χ4v) is 2.53. The van der Waals surface area contributed by atoms with E-state index in [2.05, 4.69) is 10.6 Å². The topological polar surface area (TPSA) is 87.5 Å². The largest absolute Gasteiger partial charge is 0.351 e. The number of allylic oxidation sites excluding steroid dienone is 1. The third kappa shape index (κ3) is 3.06. The van der Waals surface area contributed by atoms with Crippen molar-refractivity contribution in [1.82, 2.24) is 15.5 Å². The second kappa shape index (κ2) is 6.10. The molecule has 22 heavy (non-hydrogen) atoms. The minimum atomic E-state index is -0.461. The Hall–Kier alpha value is -2.48. The summed E-state index contributed by atoms with van der Waals surface area (Å²) in [7, 11) is 3.34. The number of hydrogen-bond donors (Lipinski definition) is 2. The molecule has 0 unspecified atom stereocenters. The van der Waals surface area contributed by atoms with Crippen LogP contribution in [0.4, 0.5) is 5.69 Å². The molecule has 0 saturated heterocycles. The summed E-state index contributed by atoms with van der Waals surface area (Å²) in [6, 6.07) is 5.63. The van der Waals surface area contributed by atoms with Crippen LogP contribution in [0.15, 0.2) is 35.5 Å². The van der Waals surface area contributed by atoms with Gasteiger partial charge in [0, 0.05) is 31.9 Å². The van der Waals surface area contributed by atoms with Gasteiger partial charge in [-0.15, -0.1) is 0 Å². The summed E-state index contributed by atoms with van der Waals surface area (Å²) in [4.78, 5) is 24.2. The van der Waals surface area contributed by atoms with Crippen molar-refractivity contribution in [3.8, 4) is 0 Å². The highest BCUT2D eigenvalue weighted by atomic mass is 32.1. The minimum absolute atomic E-state index is 0.00134. The lowest BCUT2D eigenvalue weighted by molar-refractivity contribution is -0.384. The first-order valence-corrected chi connectivity index (χ1v) is 6.96. The molecule has 1 aliphatic heterocycles. The maximum absolute atomic E-state index is 12.4. The summed E-state index contributed by atoms with van der Waals surface area (Å²) >= 11 is 5.14. The number of thiocarbonyl (C=S) groups is 1. The zero-order valence-corrected chi connectivity index (χ0v) is 13.2. The van der Waals surface area contributed by atoms with Crippen LogP contribution in [0.2, 0.25) is 0 Å². The standard InChI is InChI=1S/C14H16N4O3S/c1-8-11(13(19)17(2)3)12(16-14(22)15-8)9-4-6-10(7-5-9)18(20)21/h4-7,12H,1-3H3,(H2,15,16,22)/t12-/m1/s1. The van der Waals surface area contributed by atoms with Gasteiger partial charge in [-0.05, 0) is 36.8 Å². The molecule has 1 aliphatic rings. The van der Waals surface area contributed by atoms with Gasteiger partial charge in [0.25, 0.3) is 11.6 Å². The summed E-state index contributed by atoms with van der Waals surface area (Å²) in [5.74, 6) is -0.150. The maximum atomic E-state index is 12.4. The van der Waals surface area contributed by atoms with Crippen LogP contribution in [0, 0.1) is 10.1 Å². The highest BCUT2D eigenvalue weighted by molar-refractivity contribution is 7.80. The van der Waals surface area contributed by atoms with E-state index in [9.17, 15) is 14.9 Å². The number of amides is 1. The molecule has 0 aromatic heterocycles. The van der Waals surface area contributed by atoms with E-state index in [4.69, 9.17) is 12.2 Å². The van der Waals surface area contributed by atoms with Gasteiger partial charge in [-0.1, -0.05) is 0 Å². The zero-order valence-electron chi connectivity index (χ0n) is 12.4. The average molecular weight is 320 g/mol. The van der Waals surface area contributed by atoms with Crippen LogP contribution in [-0.2, 0) is 4.79 Å². The van der Waals surface area contributed by atoms with Crippen molar-refractivity contribution in [1.29, 1.82) is 0 Å². The summed E-state index contributed by atoms with van der Waals surface area (Å²) < 4.78 is 0. The maximum Gasteiger partial charge on any atom is 0.269 e. The van der Waals surface area contributed by atoms with E-state index in [1.807, 2.05) is 0 Å². The highest BCUT2D eigenvalue weighted by Crippen LogP contribution is 2.28. The van der Waals surface area contributed by atoms with Crippen LogP contribution in [0.3, 0.4) is 0 Å². The Bertz CT molecular complexity index is 667. The Morgan fingerprint density at radius 3 is 2.41 bits per heavy atom. The van der Waals surface area contributed by atoms with Crippen molar-refractivity contribution in [3.63, 3.8) is 0 Å². The van der Waals surface area contributed by atoms with Crippen LogP contribution in [0.5, 0.6) is 0 Å². The zero-order chi connectivity index (χ0) is 16.4. The molecule has 0 bridgehead atoms. The van der Waals surface area contributed by atoms with Gasteiger partial charge < -0.3 is 15.5 Å². The van der Waals surface area contributed by atoms with Crippen LogP contribution in [0.1, 0.15) is 18.5 Å². The van der Waals surface area contributed by atoms with Gasteiger partial charge in [-0.2, -0.15) is 0 Å². The quantitative estimate of drug-likeness (QED) is 0.498. The monoisotopic (exact) mass is 320 g/mol. The number of non-ortho nitro benzene ring substituents is 1. The Morgan fingerprint density at radius 2 is 1.91 bits per heavy atom. The number of nitrogens with zero attached hydrogens (tertiary/aromatic N) is 2. The molecule has 8 heteroatoms. The second-order valence-corrected chi connectivity index (χ2v) is 5.53. The van der Waals surface area contributed by atoms with E-state index < -0.39 is 11.0 Å². The number of benzene rings is 1. The van der Waals surface area contributed by atoms with E-state index >= 15 is 0 Å². The molecule has 1 aromatic rings. The molecule has 116 valence electrons. The molecule has 0 aliphatic carbocycles. The van der Waals surface area contributed by atoms with Crippen molar-refractivity contribution in [2.24, 2.45) is 0 Å². The van der Waals surface area contributed by atoms with E-state index in [1.165, 1.54) is 17.0 Å². The number of nitrogens with one attached hydrogen (secondary N) is 2. The molecule has 2 N–H and O–H groups in total. The number of nitro groups is 1. The van der Waals surface area contributed by atoms with Gasteiger partial charge >= 0.3 is 0 Å². The van der Waals surface area contributed by atoms with Crippen LogP contribution >= 0.6 is 12.2 Å². The van der Waals surface area contributed by atoms with Crippen molar-refractivity contribution in [2.75, 3.05) is 14.1 Å². The molecule has 0 fully saturated rings. The molecule has 0 spiro atoms. The Balaban J connectivity index is 2.45. The molecule has 0 radical (unpaired) electrons. The first kappa shape index (κ1) is 15.9. The van der Waals surface area contributed by atoms with Gasteiger partial charge in [0.2, 0.25) is 0 Å². The molecule has 7 nitrogen and oxygen atoms in total. The molecule has 1 aromatic carbocycles. The van der Waals surface area contributed by atoms with Gasteiger partial charge in [0.1, 0.15) is 0 Å². The number of nitro benzene ring substituents is 1. The van der Waals surface area contributed by atoms with E-state index in [0.29, 0.717) is 16.4 Å². The van der Waals surface area contributed by atoms with Crippen molar-refractivity contribution in [3.05, 3.63) is 51.2 Å². The van der Waals surface area contributed by atoms with Gasteiger partial charge in [-0.3, -0.25) is 14.9 Å². The van der Waals surface area contributed by atoms with Gasteiger partial charge in [0.15, 0.2) is 5.11 Å². The predicted octanol–water partition coefficient (Wildman–Crippen LogP) is 1.48. The van der Waals surface area contributed by atoms with Crippen LogP contribution < -0.4 is 10.6 Å². The summed E-state index contributed by atoms with van der Waals surface area (Å²) in [6.07, 6.45) is 0. The number of carbonyl (C=O) groups is 1. The lowest BCUT2D eigenvalue weighted by Gasteiger charge is -2.31. The van der Waals surface area contributed by atoms with Crippen molar-refractivity contribution < 1.29 is 9.72 Å². The van der Waals surface area contributed by atoms with Crippen LogP contribution in [-0.4, -0.2) is 34.9 Å². The highest BCUT2D eigenvalue weighted by Gasteiger charge is 2.30. The Morgan fingerprint density at radius 1 is 1.32 bits per heavy atom. The molecule has 0 saturated carbocycles. The number of carbonyl (C=O) groups excluding carboxylic acids is 1. The van der Waals surface area contributed by atoms with Gasteiger partial charge in [0.05, 0.1) is 16.5 Å². The third-order valence-electron chi connectivity index (χ3n) is 3.34. The number of likely N-dealkylation sites (N-methyl/N-ethyl adjacent to an activating group) is 1. The van der Waals surface area contributed by atoms with E-state index in [-0.39, 0.29) is 11.6 Å². The first-order chi connectivity index (χ1) is 10.3. The Kier molecular flexibility index (Phi) is 4.41. The smallest absolute Gasteiger partial charge is 0.269 e. The molecule has 2 rings (SSSR count). The lowest BCUT2D eigenvalue weighted by atomic mass is 9.94. The predicted molar refractivity (Wildman–Crippen MR) is 86.1 cm³/mol. The fourth-order valence-electron chi connectivity index (χ4n) is 2.26. The normalized spacial score (nSPS) is 17.6. The van der Waals surface area contributed by atoms with E-state index in [0.717, 1.165) is 5.56 Å². The second-order valence-electron chi connectivity index (χ2n) is 5.12. The lowest BCUT2D eigenvalue weighted by Crippen LogP contribution is -2.46. The summed E-state index contributed by atoms with van der Waals surface area (Å²) in [5, 5.41) is 17.1. The number of hydrogen-bond acceptors (Lipinski definition) is 4. The molecular formula is C14H16N4O3S. The molecule has 1 heterocycles. The van der Waals surface area contributed by atoms with Gasteiger partial charge in [-0.25, -0.2) is 0 Å². The first-order valence-electron chi connectivity index (χ1n) is 6.55. The average Bonchev–Trinajstić information content (AvgIpc) is 2.45. The number of rotatable bonds is 3. The van der Waals surface area contributed by atoms with Crippen molar-refractivity contribution in [2.45, 2.75) is 13.0 Å². The summed E-state index contributed by atoms with van der Waals surface area (Å²) in [5.41, 5.74) is 1.94. The van der Waals surface area contributed by atoms with Crippen molar-refractivity contribution >= 4 is 28.9 Å². The SMILES string of the molecule is CC1=C(C(=O)N(C)C)[C@@H](c2ccc([N+](=O)[O-])cc2)NC(=S)N1. The molecule has 1 amide bonds. The Labute approximate surface area is 133 Å². The fraction of sp³-hybridized carbons (Fsp3) is 0.286. The van der Waals surface area contributed by atoms with E-state index in [1.54, 1.807) is 33.2 Å². The summed E-state index contributed by atoms with van der Waals surface area (Å²) in [6.45, 7) is 1.78. The van der Waals surface area contributed by atoms with Crippen LogP contribution in [0.25, 0.3) is 0 Å². The molecular weight excluding hydrogens is 304 g/mol. The third-order valence-corrected chi connectivity index (χ3v) is 3.56. The molecule has 1 atom stereocenters. The minimum Gasteiger partial charge on any atom is -0.351 e.